The van der Waals surface area contributed by atoms with Gasteiger partial charge in [0.15, 0.2) is 6.29 Å². The molecule has 0 aliphatic carbocycles. The van der Waals surface area contributed by atoms with E-state index in [0.717, 1.165) is 0 Å². The molecule has 0 saturated carbocycles. The molecule has 0 radical (unpaired) electrons. The van der Waals surface area contributed by atoms with Gasteiger partial charge in [0.2, 0.25) is 5.52 Å². The van der Waals surface area contributed by atoms with Gasteiger partial charge in [0.1, 0.15) is 6.34 Å². The van der Waals surface area contributed by atoms with Crippen LogP contribution in [0.5, 0.6) is 0 Å². The molecule has 12 heteroatoms. The first-order valence-electron chi connectivity index (χ1n) is 3.99. The van der Waals surface area contributed by atoms with Crippen LogP contribution in [0, 0.1) is 0 Å². The Balaban J connectivity index is 2.84. The van der Waals surface area contributed by atoms with Crippen molar-refractivity contribution in [2.24, 2.45) is 4.99 Å². The third kappa shape index (κ3) is 3.34. The molecule has 10 nitrogen and oxygen atoms in total. The van der Waals surface area contributed by atoms with Crippen LogP contribution >= 0.6 is 15.2 Å². The summed E-state index contributed by atoms with van der Waals surface area (Å²) in [7, 11) is -8.47. The zero-order valence-corrected chi connectivity index (χ0v) is 9.92. The Morgan fingerprint density at radius 2 is 1.88 bits per heavy atom. The zero-order valence-electron chi connectivity index (χ0n) is 8.13. The van der Waals surface area contributed by atoms with Crippen molar-refractivity contribution in [3.63, 3.8) is 0 Å². The molecule has 1 heterocycles. The van der Waals surface area contributed by atoms with Crippen LogP contribution in [0.2, 0.25) is 0 Å². The lowest BCUT2D eigenvalue weighted by Crippen LogP contribution is -2.47. The number of hydrogen-bond acceptors (Lipinski definition) is 6. The molecule has 0 bridgehead atoms. The Kier molecular flexibility index (Phi) is 3.88. The zero-order chi connectivity index (χ0) is 12.6. The van der Waals surface area contributed by atoms with Gasteiger partial charge in [-0.05, 0) is 0 Å². The van der Waals surface area contributed by atoms with Crippen molar-refractivity contribution < 1.29 is 28.7 Å². The molecule has 16 heavy (non-hydrogen) atoms. The highest BCUT2D eigenvalue weighted by Crippen LogP contribution is 2.58. The van der Waals surface area contributed by atoms with Gasteiger partial charge in [-0.2, -0.15) is 5.01 Å². The van der Waals surface area contributed by atoms with Crippen molar-refractivity contribution in [1.82, 2.24) is 15.8 Å². The van der Waals surface area contributed by atoms with Crippen molar-refractivity contribution in [2.75, 3.05) is 7.05 Å². The molecule has 1 unspecified atom stereocenters. The van der Waals surface area contributed by atoms with Gasteiger partial charge in [-0.25, -0.2) is 4.99 Å². The molecule has 1 atom stereocenters. The second-order valence-electron chi connectivity index (χ2n) is 3.11. The predicted molar refractivity (Wildman–Crippen MR) is 54.2 cm³/mol. The van der Waals surface area contributed by atoms with Crippen LogP contribution in [-0.2, 0) is 9.13 Å². The molecular formula is C4H12N4O6P2. The number of hydrogen-bond donors (Lipinski definition) is 6. The number of nitrogens with one attached hydrogen (secondary N) is 2. The number of rotatable bonds is 4. The molecule has 1 aliphatic heterocycles. The van der Waals surface area contributed by atoms with Crippen LogP contribution in [0.3, 0.4) is 0 Å². The fourth-order valence-electron chi connectivity index (χ4n) is 1.04. The van der Waals surface area contributed by atoms with Crippen molar-refractivity contribution in [3.8, 4) is 0 Å². The van der Waals surface area contributed by atoms with Crippen LogP contribution in [0.1, 0.15) is 0 Å². The number of hydrazine groups is 1. The molecule has 0 amide bonds. The topological polar surface area (TPSA) is 155 Å². The van der Waals surface area contributed by atoms with Gasteiger partial charge < -0.3 is 25.0 Å². The van der Waals surface area contributed by atoms with Crippen molar-refractivity contribution in [3.05, 3.63) is 0 Å². The van der Waals surface area contributed by atoms with E-state index >= 15 is 0 Å². The monoisotopic (exact) mass is 274 g/mol. The molecule has 0 aromatic heterocycles. The van der Waals surface area contributed by atoms with Gasteiger partial charge in [-0.1, -0.05) is 0 Å². The second kappa shape index (κ2) is 4.52. The Bertz CT molecular complexity index is 353. The summed E-state index contributed by atoms with van der Waals surface area (Å²) in [6.07, 6.45) is 0.277. The van der Waals surface area contributed by atoms with E-state index in [1.54, 1.807) is 0 Å². The van der Waals surface area contributed by atoms with Gasteiger partial charge in [-0.15, -0.1) is 0 Å². The van der Waals surface area contributed by atoms with E-state index in [2.05, 4.69) is 15.7 Å². The largest absolute Gasteiger partial charge is 0.354 e. The average Bonchev–Trinajstić information content (AvgIpc) is 2.42. The molecule has 1 aliphatic rings. The molecule has 6 N–H and O–H groups in total. The molecule has 0 aromatic carbocycles. The van der Waals surface area contributed by atoms with E-state index in [9.17, 15) is 9.13 Å². The number of aliphatic imine (C=N–C) groups is 1. The van der Waals surface area contributed by atoms with Gasteiger partial charge in [0.25, 0.3) is 0 Å². The van der Waals surface area contributed by atoms with E-state index in [1.807, 2.05) is 0 Å². The first-order chi connectivity index (χ1) is 7.12. The predicted octanol–water partition coefficient (Wildman–Crippen LogP) is -2.02. The lowest BCUT2D eigenvalue weighted by molar-refractivity contribution is 0.197. The van der Waals surface area contributed by atoms with Gasteiger partial charge >= 0.3 is 15.2 Å². The Morgan fingerprint density at radius 3 is 2.19 bits per heavy atom. The maximum absolute atomic E-state index is 10.9. The SMILES string of the molecule is CN1NC=NC1NC(P(=O)(O)O)P(=O)(O)O. The van der Waals surface area contributed by atoms with Crippen molar-refractivity contribution in [1.29, 1.82) is 0 Å². The highest BCUT2D eigenvalue weighted by molar-refractivity contribution is 7.70. The summed E-state index contributed by atoms with van der Waals surface area (Å²) in [5.74, 6) is 0. The summed E-state index contributed by atoms with van der Waals surface area (Å²) in [5, 5.41) is 3.37. The van der Waals surface area contributed by atoms with E-state index in [4.69, 9.17) is 19.6 Å². The highest BCUT2D eigenvalue weighted by atomic mass is 31.2. The summed E-state index contributed by atoms with van der Waals surface area (Å²) in [5.41, 5.74) is 0.277. The maximum Gasteiger partial charge on any atom is 0.354 e. The van der Waals surface area contributed by atoms with E-state index in [1.165, 1.54) is 18.4 Å². The summed E-state index contributed by atoms with van der Waals surface area (Å²) < 4.78 is 21.8. The van der Waals surface area contributed by atoms with Crippen LogP contribution in [0.25, 0.3) is 0 Å². The lowest BCUT2D eigenvalue weighted by Gasteiger charge is -2.26. The molecule has 1 rings (SSSR count). The average molecular weight is 274 g/mol. The van der Waals surface area contributed by atoms with E-state index in [0.29, 0.717) is 0 Å². The van der Waals surface area contributed by atoms with Crippen LogP contribution in [0.4, 0.5) is 0 Å². The fraction of sp³-hybridized carbons (Fsp3) is 0.750. The van der Waals surface area contributed by atoms with E-state index < -0.39 is 27.0 Å². The number of nitrogens with zero attached hydrogens (tertiary/aromatic N) is 2. The summed E-state index contributed by atoms with van der Waals surface area (Å²) in [6.45, 7) is 0. The van der Waals surface area contributed by atoms with Crippen LogP contribution < -0.4 is 10.7 Å². The van der Waals surface area contributed by atoms with Crippen LogP contribution in [0.15, 0.2) is 4.99 Å². The minimum atomic E-state index is -4.98. The Hall–Kier alpha value is -0.310. The molecule has 0 aromatic rings. The third-order valence-electron chi connectivity index (χ3n) is 1.78. The second-order valence-corrected chi connectivity index (χ2v) is 6.91. The molecular weight excluding hydrogens is 262 g/mol. The first kappa shape index (κ1) is 13.8. The molecule has 0 fully saturated rings. The first-order valence-corrected chi connectivity index (χ1v) is 7.36. The maximum atomic E-state index is 10.9. The fourth-order valence-corrected chi connectivity index (χ4v) is 3.27. The summed E-state index contributed by atoms with van der Waals surface area (Å²) in [4.78, 5) is 39.0. The van der Waals surface area contributed by atoms with E-state index in [-0.39, 0.29) is 0 Å². The minimum absolute atomic E-state index is 0.953. The quantitative estimate of drug-likeness (QED) is 0.318. The van der Waals surface area contributed by atoms with Crippen LogP contribution in [-0.4, -0.2) is 49.8 Å². The summed E-state index contributed by atoms with van der Waals surface area (Å²) in [6, 6.07) is 0. The standard InChI is InChI=1S/C4H12N4O6P2/c1-8-3(5-2-6-8)7-4(15(9,10)11)16(12,13)14/h2-4,7H,1H3,(H,5,6)(H2,9,10,11)(H2,12,13,14). The van der Waals surface area contributed by atoms with Crippen molar-refractivity contribution >= 4 is 21.5 Å². The Labute approximate surface area is 90.7 Å². The molecule has 0 spiro atoms. The molecule has 0 saturated heterocycles. The van der Waals surface area contributed by atoms with Gasteiger partial charge in [0, 0.05) is 7.05 Å². The van der Waals surface area contributed by atoms with Gasteiger partial charge in [0.05, 0.1) is 0 Å². The minimum Gasteiger partial charge on any atom is -0.323 e. The lowest BCUT2D eigenvalue weighted by atomic mass is 10.8. The van der Waals surface area contributed by atoms with Gasteiger partial charge in [-0.3, -0.25) is 14.4 Å². The highest BCUT2D eigenvalue weighted by Gasteiger charge is 2.45. The summed E-state index contributed by atoms with van der Waals surface area (Å²) >= 11 is 0. The Morgan fingerprint density at radius 1 is 1.38 bits per heavy atom. The molecule has 94 valence electrons. The van der Waals surface area contributed by atoms with Crippen molar-refractivity contribution in [2.45, 2.75) is 11.8 Å². The smallest absolute Gasteiger partial charge is 0.323 e. The normalized spacial score (nSPS) is 22.8. The third-order valence-corrected chi connectivity index (χ3v) is 5.16.